The third-order valence-electron chi connectivity index (χ3n) is 18.6. The van der Waals surface area contributed by atoms with Crippen molar-refractivity contribution in [3.8, 4) is 55.6 Å². The van der Waals surface area contributed by atoms with Crippen molar-refractivity contribution in [1.29, 1.82) is 0 Å². The van der Waals surface area contributed by atoms with Crippen LogP contribution in [0.3, 0.4) is 0 Å². The first kappa shape index (κ1) is 43.0. The maximum absolute atomic E-state index is 7.01. The second-order valence-electron chi connectivity index (χ2n) is 23.9. The molecule has 360 valence electrons. The monoisotopic (exact) mass is 965 g/mol. The van der Waals surface area contributed by atoms with Gasteiger partial charge in [0, 0.05) is 71.4 Å². The Kier molecular flexibility index (Phi) is 8.18. The Hall–Kier alpha value is -8.40. The van der Waals surface area contributed by atoms with Gasteiger partial charge < -0.3 is 13.7 Å². The van der Waals surface area contributed by atoms with Gasteiger partial charge in [-0.1, -0.05) is 183 Å². The van der Waals surface area contributed by atoms with Gasteiger partial charge in [0.05, 0.1) is 0 Å². The van der Waals surface area contributed by atoms with Crippen LogP contribution in [0, 0.1) is 0 Å². The highest BCUT2D eigenvalue weighted by Crippen LogP contribution is 2.64. The fraction of sp³-hybridized carbons (Fsp3) is 0.167. The van der Waals surface area contributed by atoms with E-state index < -0.39 is 0 Å². The molecule has 0 N–H and O–H groups in total. The molecule has 0 spiro atoms. The lowest BCUT2D eigenvalue weighted by Gasteiger charge is -2.32. The first-order chi connectivity index (χ1) is 36.2. The fourth-order valence-electron chi connectivity index (χ4n) is 15.0. The van der Waals surface area contributed by atoms with Gasteiger partial charge in [-0.05, 0) is 150 Å². The first-order valence-corrected chi connectivity index (χ1v) is 26.7. The lowest BCUT2D eigenvalue weighted by atomic mass is 9.72. The topological polar surface area (TPSA) is 29.5 Å². The van der Waals surface area contributed by atoms with E-state index in [-0.39, 0.29) is 21.7 Å². The van der Waals surface area contributed by atoms with Gasteiger partial charge >= 0.3 is 0 Å². The maximum Gasteiger partial charge on any atom is 0.144 e. The number of furan rings is 2. The molecule has 0 atom stereocenters. The molecule has 0 unspecified atom stereocenters. The number of nitrogens with zero attached hydrogens (tertiary/aromatic N) is 1. The molecule has 0 fully saturated rings. The summed E-state index contributed by atoms with van der Waals surface area (Å²) in [7, 11) is 0. The summed E-state index contributed by atoms with van der Waals surface area (Å²) in [5.74, 6) is 0. The predicted molar refractivity (Wildman–Crippen MR) is 311 cm³/mol. The van der Waals surface area contributed by atoms with E-state index >= 15 is 0 Å². The zero-order valence-electron chi connectivity index (χ0n) is 43.7. The minimum atomic E-state index is -0.332. The summed E-state index contributed by atoms with van der Waals surface area (Å²) in [6, 6.07) is 70.1. The number of fused-ring (bicyclic) bond motifs is 22. The molecule has 2 aromatic heterocycles. The van der Waals surface area contributed by atoms with Gasteiger partial charge in [0.1, 0.15) is 22.3 Å². The normalized spacial score (nSPS) is 16.2. The van der Waals surface area contributed by atoms with Crippen LogP contribution < -0.4 is 4.90 Å². The van der Waals surface area contributed by atoms with Gasteiger partial charge in [0.2, 0.25) is 0 Å². The SMILES string of the molecule is CC1(C)c2ccccc2-c2ccc(-c3cc4c(c5c3oc3ccccc35)-c3ccc(N(c5ccccc5)c5ccc6c(c5)C(C)(C)c5c7c(c8oc9ccccc9c8c5-6)-c5ccccc5C7(C)C)cc3C4(C)C)cc21. The van der Waals surface area contributed by atoms with E-state index in [4.69, 9.17) is 8.83 Å². The smallest absolute Gasteiger partial charge is 0.144 e. The molecule has 0 amide bonds. The van der Waals surface area contributed by atoms with Gasteiger partial charge in [-0.3, -0.25) is 0 Å². The summed E-state index contributed by atoms with van der Waals surface area (Å²) in [4.78, 5) is 2.48. The molecular formula is C72H55NO2. The zero-order chi connectivity index (χ0) is 50.7. The van der Waals surface area contributed by atoms with Crippen molar-refractivity contribution in [2.75, 3.05) is 4.90 Å². The van der Waals surface area contributed by atoms with Crippen molar-refractivity contribution in [1.82, 2.24) is 0 Å². The molecule has 12 aromatic rings. The van der Waals surface area contributed by atoms with E-state index in [1.165, 1.54) is 111 Å². The van der Waals surface area contributed by atoms with Crippen LogP contribution >= 0.6 is 0 Å². The summed E-state index contributed by atoms with van der Waals surface area (Å²) in [6.45, 7) is 19.3. The second kappa shape index (κ2) is 14.3. The van der Waals surface area contributed by atoms with Gasteiger partial charge in [0.15, 0.2) is 0 Å². The van der Waals surface area contributed by atoms with Gasteiger partial charge in [-0.25, -0.2) is 0 Å². The molecule has 0 aliphatic heterocycles. The number of hydrogen-bond donors (Lipinski definition) is 0. The number of hydrogen-bond acceptors (Lipinski definition) is 3. The first-order valence-electron chi connectivity index (χ1n) is 26.7. The van der Waals surface area contributed by atoms with E-state index in [0.29, 0.717) is 0 Å². The molecule has 0 saturated carbocycles. The zero-order valence-corrected chi connectivity index (χ0v) is 43.7. The molecule has 2 heterocycles. The molecule has 4 aliphatic rings. The number of benzene rings is 10. The summed E-state index contributed by atoms with van der Waals surface area (Å²) in [5, 5.41) is 4.74. The van der Waals surface area contributed by atoms with Crippen molar-refractivity contribution in [2.45, 2.75) is 77.0 Å². The van der Waals surface area contributed by atoms with Crippen molar-refractivity contribution in [2.24, 2.45) is 0 Å². The van der Waals surface area contributed by atoms with Crippen LogP contribution in [-0.2, 0) is 21.7 Å². The van der Waals surface area contributed by atoms with E-state index in [1.54, 1.807) is 0 Å². The second-order valence-corrected chi connectivity index (χ2v) is 23.9. The van der Waals surface area contributed by atoms with Crippen molar-refractivity contribution in [3.05, 3.63) is 233 Å². The van der Waals surface area contributed by atoms with Crippen molar-refractivity contribution in [3.63, 3.8) is 0 Å². The van der Waals surface area contributed by atoms with Crippen molar-refractivity contribution >= 4 is 60.9 Å². The molecule has 0 radical (unpaired) electrons. The van der Waals surface area contributed by atoms with Crippen LogP contribution in [0.1, 0.15) is 99.9 Å². The molecule has 3 nitrogen and oxygen atoms in total. The highest BCUT2D eigenvalue weighted by atomic mass is 16.3. The molecule has 75 heavy (non-hydrogen) atoms. The molecule has 4 aliphatic carbocycles. The Morgan fingerprint density at radius 3 is 1.47 bits per heavy atom. The molecule has 16 rings (SSSR count). The van der Waals surface area contributed by atoms with Crippen molar-refractivity contribution < 1.29 is 8.83 Å². The van der Waals surface area contributed by atoms with E-state index in [1.807, 2.05) is 0 Å². The standard InChI is InChI=1S/C72H55NO2/c1-69(2)52-26-16-12-22-44(52)45-33-30-40(36-54(45)69)51-39-57-60(62-49-24-14-18-28-58(49)74-67(51)62)47-34-31-42(37-55(47)70(57,3)4)73(41-20-10-9-11-21-41)43-32-35-48-56(38-43)72(7,8)65-61(48)63-50-25-15-19-29-59(50)75-68(63)64-46-23-13-17-27-53(46)71(5,6)66(64)65/h9-39H,1-8H3. The van der Waals surface area contributed by atoms with E-state index in [2.05, 4.69) is 248 Å². The third kappa shape index (κ3) is 5.36. The summed E-state index contributed by atoms with van der Waals surface area (Å²) in [5.41, 5.74) is 29.7. The highest BCUT2D eigenvalue weighted by molar-refractivity contribution is 6.21. The van der Waals surface area contributed by atoms with Gasteiger partial charge in [0.25, 0.3) is 0 Å². The summed E-state index contributed by atoms with van der Waals surface area (Å²) in [6.07, 6.45) is 0. The Morgan fingerprint density at radius 1 is 0.307 bits per heavy atom. The minimum absolute atomic E-state index is 0.120. The largest absolute Gasteiger partial charge is 0.455 e. The minimum Gasteiger partial charge on any atom is -0.455 e. The molecule has 3 heteroatoms. The van der Waals surface area contributed by atoms with Gasteiger partial charge in [-0.2, -0.15) is 0 Å². The Bertz CT molecular complexity index is 4530. The number of anilines is 3. The van der Waals surface area contributed by atoms with Crippen LogP contribution in [0.5, 0.6) is 0 Å². The number of para-hydroxylation sites is 3. The van der Waals surface area contributed by atoms with Crippen LogP contribution in [0.2, 0.25) is 0 Å². The van der Waals surface area contributed by atoms with Crippen LogP contribution in [0.25, 0.3) is 99.5 Å². The lowest BCUT2D eigenvalue weighted by Crippen LogP contribution is -2.24. The average molecular weight is 966 g/mol. The van der Waals surface area contributed by atoms with Crippen LogP contribution in [-0.4, -0.2) is 0 Å². The van der Waals surface area contributed by atoms with Crippen LogP contribution in [0.4, 0.5) is 17.1 Å². The summed E-state index contributed by atoms with van der Waals surface area (Å²) < 4.78 is 14.0. The predicted octanol–water partition coefficient (Wildman–Crippen LogP) is 19.8. The maximum atomic E-state index is 7.01. The number of rotatable bonds is 4. The van der Waals surface area contributed by atoms with Gasteiger partial charge in [-0.15, -0.1) is 0 Å². The van der Waals surface area contributed by atoms with E-state index in [0.717, 1.165) is 50.3 Å². The lowest BCUT2D eigenvalue weighted by molar-refractivity contribution is 0.600. The molecule has 10 aromatic carbocycles. The summed E-state index contributed by atoms with van der Waals surface area (Å²) >= 11 is 0. The molecular weight excluding hydrogens is 911 g/mol. The highest BCUT2D eigenvalue weighted by Gasteiger charge is 2.49. The Morgan fingerprint density at radius 2 is 0.773 bits per heavy atom. The quantitative estimate of drug-likeness (QED) is 0.176. The fourth-order valence-corrected chi connectivity index (χ4v) is 15.0. The third-order valence-corrected chi connectivity index (χ3v) is 18.6. The van der Waals surface area contributed by atoms with E-state index in [9.17, 15) is 0 Å². The Balaban J connectivity index is 0.881. The average Bonchev–Trinajstić information content (AvgIpc) is 4.26. The molecule has 0 saturated heterocycles. The molecule has 0 bridgehead atoms. The Labute approximate surface area is 437 Å². The van der Waals surface area contributed by atoms with Crippen LogP contribution in [0.15, 0.2) is 197 Å².